The van der Waals surface area contributed by atoms with Gasteiger partial charge in [0.05, 0.1) is 6.54 Å². The number of benzene rings is 1. The van der Waals surface area contributed by atoms with Crippen LogP contribution in [-0.2, 0) is 6.54 Å². The number of hydrogen-bond donors (Lipinski definition) is 1. The minimum Gasteiger partial charge on any atom is -0.303 e. The highest BCUT2D eigenvalue weighted by Gasteiger charge is 2.10. The normalized spacial score (nSPS) is 12.9. The molecule has 4 nitrogen and oxygen atoms in total. The Hall–Kier alpha value is -1.68. The molecule has 0 radical (unpaired) electrons. The molecule has 1 N–H and O–H groups in total. The first kappa shape index (κ1) is 13.7. The number of nitrogens with zero attached hydrogens (tertiary/aromatic N) is 3. The van der Waals surface area contributed by atoms with E-state index in [1.807, 2.05) is 4.68 Å². The maximum absolute atomic E-state index is 4.31. The highest BCUT2D eigenvalue weighted by molar-refractivity contribution is 5.23. The maximum Gasteiger partial charge on any atom is 0.141 e. The molecule has 4 heteroatoms. The first-order valence-electron chi connectivity index (χ1n) is 6.76. The number of rotatable bonds is 5. The zero-order valence-electron chi connectivity index (χ0n) is 12.1. The molecule has 2 aromatic rings. The van der Waals surface area contributed by atoms with Gasteiger partial charge in [-0.05, 0) is 33.3 Å². The predicted octanol–water partition coefficient (Wildman–Crippen LogP) is 3.02. The average Bonchev–Trinajstić information content (AvgIpc) is 2.85. The standard InChI is InChI=1S/C15H22N4/c1-11(2)19-15(17-10-18-19)9-16-13(4)14-7-5-12(3)6-8-14/h5-8,10-11,13,16H,9H2,1-4H3/t13-/m1/s1. The lowest BCUT2D eigenvalue weighted by atomic mass is 10.1. The van der Waals surface area contributed by atoms with Crippen molar-refractivity contribution in [1.29, 1.82) is 0 Å². The Bertz CT molecular complexity index is 513. The van der Waals surface area contributed by atoms with Crippen molar-refractivity contribution in [3.8, 4) is 0 Å². The first-order valence-corrected chi connectivity index (χ1v) is 6.76. The molecule has 1 aromatic carbocycles. The predicted molar refractivity (Wildman–Crippen MR) is 76.8 cm³/mol. The SMILES string of the molecule is Cc1ccc([C@@H](C)NCc2ncnn2C(C)C)cc1. The summed E-state index contributed by atoms with van der Waals surface area (Å²) in [6, 6.07) is 9.26. The summed E-state index contributed by atoms with van der Waals surface area (Å²) >= 11 is 0. The average molecular weight is 258 g/mol. The van der Waals surface area contributed by atoms with Gasteiger partial charge >= 0.3 is 0 Å². The van der Waals surface area contributed by atoms with Crippen molar-refractivity contribution in [3.63, 3.8) is 0 Å². The first-order chi connectivity index (χ1) is 9.08. The van der Waals surface area contributed by atoms with Crippen LogP contribution in [0.2, 0.25) is 0 Å². The summed E-state index contributed by atoms with van der Waals surface area (Å²) in [6.45, 7) is 9.23. The molecule has 19 heavy (non-hydrogen) atoms. The number of nitrogens with one attached hydrogen (secondary N) is 1. The van der Waals surface area contributed by atoms with Crippen molar-refractivity contribution in [1.82, 2.24) is 20.1 Å². The van der Waals surface area contributed by atoms with Crippen LogP contribution in [0.25, 0.3) is 0 Å². The molecule has 1 aromatic heterocycles. The van der Waals surface area contributed by atoms with E-state index in [1.165, 1.54) is 11.1 Å². The van der Waals surface area contributed by atoms with E-state index >= 15 is 0 Å². The van der Waals surface area contributed by atoms with Gasteiger partial charge < -0.3 is 5.32 Å². The second-order valence-corrected chi connectivity index (χ2v) is 5.23. The Morgan fingerprint density at radius 2 is 1.84 bits per heavy atom. The van der Waals surface area contributed by atoms with Gasteiger partial charge in [0.15, 0.2) is 0 Å². The lowest BCUT2D eigenvalue weighted by molar-refractivity contribution is 0.473. The molecular formula is C15H22N4. The molecule has 0 amide bonds. The Kier molecular flexibility index (Phi) is 4.32. The van der Waals surface area contributed by atoms with Crippen LogP contribution in [-0.4, -0.2) is 14.8 Å². The van der Waals surface area contributed by atoms with E-state index in [1.54, 1.807) is 6.33 Å². The van der Waals surface area contributed by atoms with Crippen molar-refractivity contribution in [2.24, 2.45) is 0 Å². The molecule has 0 aliphatic rings. The summed E-state index contributed by atoms with van der Waals surface area (Å²) in [5, 5.41) is 7.74. The van der Waals surface area contributed by atoms with Crippen molar-refractivity contribution >= 4 is 0 Å². The largest absolute Gasteiger partial charge is 0.303 e. The third-order valence-electron chi connectivity index (χ3n) is 3.28. The smallest absolute Gasteiger partial charge is 0.141 e. The van der Waals surface area contributed by atoms with E-state index in [4.69, 9.17) is 0 Å². The number of hydrogen-bond acceptors (Lipinski definition) is 3. The summed E-state index contributed by atoms with van der Waals surface area (Å²) in [7, 11) is 0. The molecule has 1 heterocycles. The van der Waals surface area contributed by atoms with Crippen LogP contribution >= 0.6 is 0 Å². The zero-order valence-corrected chi connectivity index (χ0v) is 12.1. The van der Waals surface area contributed by atoms with Gasteiger partial charge in [0.25, 0.3) is 0 Å². The third-order valence-corrected chi connectivity index (χ3v) is 3.28. The Labute approximate surface area is 114 Å². The third kappa shape index (κ3) is 3.41. The van der Waals surface area contributed by atoms with Crippen LogP contribution < -0.4 is 5.32 Å². The van der Waals surface area contributed by atoms with E-state index in [0.717, 1.165) is 12.4 Å². The quantitative estimate of drug-likeness (QED) is 0.896. The molecule has 0 aliphatic carbocycles. The van der Waals surface area contributed by atoms with Crippen LogP contribution in [0, 0.1) is 6.92 Å². The van der Waals surface area contributed by atoms with Gasteiger partial charge in [-0.1, -0.05) is 29.8 Å². The summed E-state index contributed by atoms with van der Waals surface area (Å²) in [5.41, 5.74) is 2.58. The summed E-state index contributed by atoms with van der Waals surface area (Å²) in [4.78, 5) is 4.31. The summed E-state index contributed by atoms with van der Waals surface area (Å²) < 4.78 is 1.95. The van der Waals surface area contributed by atoms with Crippen molar-refractivity contribution < 1.29 is 0 Å². The fourth-order valence-corrected chi connectivity index (χ4v) is 2.05. The second kappa shape index (κ2) is 5.97. The topological polar surface area (TPSA) is 42.7 Å². The zero-order chi connectivity index (χ0) is 13.8. The Morgan fingerprint density at radius 1 is 1.16 bits per heavy atom. The van der Waals surface area contributed by atoms with Gasteiger partial charge in [-0.25, -0.2) is 9.67 Å². The van der Waals surface area contributed by atoms with E-state index in [9.17, 15) is 0 Å². The van der Waals surface area contributed by atoms with E-state index in [-0.39, 0.29) is 0 Å². The van der Waals surface area contributed by atoms with Gasteiger partial charge in [0.2, 0.25) is 0 Å². The van der Waals surface area contributed by atoms with Crippen LogP contribution in [0.1, 0.15) is 49.8 Å². The van der Waals surface area contributed by atoms with E-state index in [2.05, 4.69) is 67.4 Å². The molecule has 0 saturated heterocycles. The van der Waals surface area contributed by atoms with Gasteiger partial charge in [0, 0.05) is 12.1 Å². The molecule has 102 valence electrons. The minimum absolute atomic E-state index is 0.304. The van der Waals surface area contributed by atoms with Gasteiger partial charge in [0.1, 0.15) is 12.2 Å². The highest BCUT2D eigenvalue weighted by atomic mass is 15.4. The van der Waals surface area contributed by atoms with Crippen molar-refractivity contribution in [2.75, 3.05) is 0 Å². The lowest BCUT2D eigenvalue weighted by Crippen LogP contribution is -2.21. The highest BCUT2D eigenvalue weighted by Crippen LogP contribution is 2.14. The fraction of sp³-hybridized carbons (Fsp3) is 0.467. The molecule has 0 unspecified atom stereocenters. The van der Waals surface area contributed by atoms with E-state index in [0.29, 0.717) is 12.1 Å². The molecule has 0 aliphatic heterocycles. The Balaban J connectivity index is 1.98. The Morgan fingerprint density at radius 3 is 2.47 bits per heavy atom. The van der Waals surface area contributed by atoms with Gasteiger partial charge in [-0.3, -0.25) is 0 Å². The molecule has 2 rings (SSSR count). The van der Waals surface area contributed by atoms with Crippen LogP contribution in [0.15, 0.2) is 30.6 Å². The van der Waals surface area contributed by atoms with Crippen LogP contribution in [0.3, 0.4) is 0 Å². The molecule has 0 fully saturated rings. The molecule has 1 atom stereocenters. The second-order valence-electron chi connectivity index (χ2n) is 5.23. The minimum atomic E-state index is 0.304. The van der Waals surface area contributed by atoms with Gasteiger partial charge in [-0.2, -0.15) is 5.10 Å². The maximum atomic E-state index is 4.31. The molecule has 0 bridgehead atoms. The number of aromatic nitrogens is 3. The van der Waals surface area contributed by atoms with Crippen molar-refractivity contribution in [3.05, 3.63) is 47.5 Å². The summed E-state index contributed by atoms with van der Waals surface area (Å²) in [6.07, 6.45) is 1.62. The van der Waals surface area contributed by atoms with Crippen molar-refractivity contribution in [2.45, 2.75) is 46.3 Å². The molecular weight excluding hydrogens is 236 g/mol. The molecule has 0 saturated carbocycles. The fourth-order valence-electron chi connectivity index (χ4n) is 2.05. The van der Waals surface area contributed by atoms with E-state index < -0.39 is 0 Å². The number of aryl methyl sites for hydroxylation is 1. The summed E-state index contributed by atoms with van der Waals surface area (Å²) in [5.74, 6) is 0.981. The monoisotopic (exact) mass is 258 g/mol. The van der Waals surface area contributed by atoms with Crippen LogP contribution in [0.5, 0.6) is 0 Å². The molecule has 0 spiro atoms. The van der Waals surface area contributed by atoms with Gasteiger partial charge in [-0.15, -0.1) is 0 Å². The lowest BCUT2D eigenvalue weighted by Gasteiger charge is -2.15. The van der Waals surface area contributed by atoms with Crippen LogP contribution in [0.4, 0.5) is 0 Å².